The van der Waals surface area contributed by atoms with Crippen molar-refractivity contribution in [2.45, 2.75) is 71.2 Å². The minimum absolute atomic E-state index is 0.0225. The van der Waals surface area contributed by atoms with Gasteiger partial charge in [-0.05, 0) is 70.7 Å². The Bertz CT molecular complexity index is 1190. The third kappa shape index (κ3) is 13.2. The molecule has 12 heteroatoms. The molecule has 0 heterocycles. The van der Waals surface area contributed by atoms with E-state index < -0.39 is 35.6 Å². The number of nitrogens with one attached hydrogen (secondary N) is 4. The van der Waals surface area contributed by atoms with Crippen molar-refractivity contribution in [3.05, 3.63) is 64.7 Å². The fourth-order valence-electron chi connectivity index (χ4n) is 3.72. The van der Waals surface area contributed by atoms with Gasteiger partial charge in [-0.1, -0.05) is 41.9 Å². The highest BCUT2D eigenvalue weighted by atomic mass is 35.5. The molecule has 0 bridgehead atoms. The number of rotatable bonds is 15. The topological polar surface area (TPSA) is 155 Å². The molecule has 0 aliphatic rings. The molecule has 42 heavy (non-hydrogen) atoms. The Morgan fingerprint density at radius 2 is 1.69 bits per heavy atom. The number of aliphatic hydroxyl groups excluding tert-OH is 1. The molecular formula is C30H41ClN4O7. The van der Waals surface area contributed by atoms with Crippen LogP contribution >= 0.6 is 11.6 Å². The number of benzene rings is 2. The number of aliphatic hydroxyl groups is 1. The fourth-order valence-corrected chi connectivity index (χ4v) is 3.91. The van der Waals surface area contributed by atoms with Gasteiger partial charge in [0, 0.05) is 30.3 Å². The van der Waals surface area contributed by atoms with Gasteiger partial charge in [0.2, 0.25) is 11.8 Å². The van der Waals surface area contributed by atoms with Gasteiger partial charge >= 0.3 is 6.09 Å². The van der Waals surface area contributed by atoms with E-state index in [1.165, 1.54) is 6.92 Å². The van der Waals surface area contributed by atoms with Gasteiger partial charge in [0.25, 0.3) is 5.91 Å². The molecule has 11 nitrogen and oxygen atoms in total. The third-order valence-corrected chi connectivity index (χ3v) is 6.05. The Morgan fingerprint density at radius 1 is 0.976 bits per heavy atom. The van der Waals surface area contributed by atoms with E-state index in [4.69, 9.17) is 26.2 Å². The smallest absolute Gasteiger partial charge is 0.408 e. The molecule has 0 fully saturated rings. The predicted octanol–water partition coefficient (Wildman–Crippen LogP) is 2.86. The highest BCUT2D eigenvalue weighted by Gasteiger charge is 2.27. The van der Waals surface area contributed by atoms with Crippen molar-refractivity contribution in [1.82, 2.24) is 21.3 Å². The zero-order valence-electron chi connectivity index (χ0n) is 24.5. The van der Waals surface area contributed by atoms with Gasteiger partial charge in [-0.15, -0.1) is 0 Å². The standard InChI is InChI=1S/C30H41ClN4O7/c1-20(27(38)33-18-22-17-23(31)12-14-25(22)41-19-26(37)32-15-8-16-36)34-28(39)24(35-29(40)42-30(2,3)4)13-11-21-9-6-5-7-10-21/h5-7,9-10,12,14,17,20,24,36H,8,11,13,15-16,18-19H2,1-4H3,(H,32,37)(H,33,38)(H,34,39)(H,35,40)/t20-,24+/m0/s1. The van der Waals surface area contributed by atoms with Crippen molar-refractivity contribution in [2.24, 2.45) is 0 Å². The highest BCUT2D eigenvalue weighted by molar-refractivity contribution is 6.30. The molecular weight excluding hydrogens is 564 g/mol. The summed E-state index contributed by atoms with van der Waals surface area (Å²) in [6.45, 7) is 6.76. The van der Waals surface area contributed by atoms with Crippen LogP contribution in [0.2, 0.25) is 5.02 Å². The average molecular weight is 605 g/mol. The number of carbonyl (C=O) groups is 4. The first-order chi connectivity index (χ1) is 19.9. The monoisotopic (exact) mass is 604 g/mol. The van der Waals surface area contributed by atoms with Crippen molar-refractivity contribution in [2.75, 3.05) is 19.8 Å². The quantitative estimate of drug-likeness (QED) is 0.196. The number of ether oxygens (including phenoxy) is 2. The molecule has 2 aromatic rings. The number of hydrogen-bond donors (Lipinski definition) is 5. The van der Waals surface area contributed by atoms with Gasteiger partial charge in [-0.2, -0.15) is 0 Å². The van der Waals surface area contributed by atoms with Gasteiger partial charge in [0.15, 0.2) is 6.61 Å². The fraction of sp³-hybridized carbons (Fsp3) is 0.467. The second-order valence-electron chi connectivity index (χ2n) is 10.6. The molecule has 5 N–H and O–H groups in total. The first kappa shape index (κ1) is 34.4. The maximum Gasteiger partial charge on any atom is 0.408 e. The molecule has 0 aliphatic carbocycles. The van der Waals surface area contributed by atoms with Gasteiger partial charge < -0.3 is 35.8 Å². The largest absolute Gasteiger partial charge is 0.483 e. The van der Waals surface area contributed by atoms with Crippen LogP contribution in [0.3, 0.4) is 0 Å². The zero-order chi connectivity index (χ0) is 31.1. The van der Waals surface area contributed by atoms with Crippen LogP contribution in [0.1, 0.15) is 51.7 Å². The van der Waals surface area contributed by atoms with Crippen molar-refractivity contribution >= 4 is 35.4 Å². The second-order valence-corrected chi connectivity index (χ2v) is 11.1. The van der Waals surface area contributed by atoms with Crippen molar-refractivity contribution in [1.29, 1.82) is 0 Å². The first-order valence-corrected chi connectivity index (χ1v) is 14.2. The number of aryl methyl sites for hydroxylation is 1. The Morgan fingerprint density at radius 3 is 2.36 bits per heavy atom. The van der Waals surface area contributed by atoms with E-state index in [9.17, 15) is 19.2 Å². The van der Waals surface area contributed by atoms with Crippen LogP contribution in [0.25, 0.3) is 0 Å². The summed E-state index contributed by atoms with van der Waals surface area (Å²) in [5.74, 6) is -1.00. The molecule has 0 saturated heterocycles. The maximum atomic E-state index is 13.1. The van der Waals surface area contributed by atoms with Gasteiger partial charge in [0.05, 0.1) is 0 Å². The molecule has 0 spiro atoms. The van der Waals surface area contributed by atoms with E-state index in [-0.39, 0.29) is 25.7 Å². The van der Waals surface area contributed by atoms with Crippen LogP contribution in [-0.2, 0) is 32.1 Å². The van der Waals surface area contributed by atoms with Gasteiger partial charge in [-0.25, -0.2) is 4.79 Å². The summed E-state index contributed by atoms with van der Waals surface area (Å²) < 4.78 is 10.9. The molecule has 2 rings (SSSR count). The lowest BCUT2D eigenvalue weighted by Gasteiger charge is -2.24. The van der Waals surface area contributed by atoms with Crippen LogP contribution < -0.4 is 26.0 Å². The Labute approximate surface area is 251 Å². The molecule has 2 aromatic carbocycles. The number of carbonyl (C=O) groups excluding carboxylic acids is 4. The predicted molar refractivity (Wildman–Crippen MR) is 159 cm³/mol. The molecule has 4 amide bonds. The lowest BCUT2D eigenvalue weighted by atomic mass is 10.0. The number of amides is 4. The minimum atomic E-state index is -0.938. The van der Waals surface area contributed by atoms with Gasteiger partial charge in [-0.3, -0.25) is 14.4 Å². The van der Waals surface area contributed by atoms with Crippen LogP contribution in [0, 0.1) is 0 Å². The highest BCUT2D eigenvalue weighted by Crippen LogP contribution is 2.23. The van der Waals surface area contributed by atoms with Crippen molar-refractivity contribution < 1.29 is 33.8 Å². The Balaban J connectivity index is 1.99. The Kier molecular flexibility index (Phi) is 14.1. The summed E-state index contributed by atoms with van der Waals surface area (Å²) >= 11 is 6.13. The maximum absolute atomic E-state index is 13.1. The van der Waals surface area contributed by atoms with E-state index in [1.54, 1.807) is 39.0 Å². The lowest BCUT2D eigenvalue weighted by molar-refractivity contribution is -0.129. The van der Waals surface area contributed by atoms with Crippen LogP contribution in [0.15, 0.2) is 48.5 Å². The lowest BCUT2D eigenvalue weighted by Crippen LogP contribution is -2.53. The molecule has 0 saturated carbocycles. The summed E-state index contributed by atoms with van der Waals surface area (Å²) in [6.07, 6.45) is 0.513. The number of alkyl carbamates (subject to hydrolysis) is 1. The zero-order valence-corrected chi connectivity index (χ0v) is 25.3. The van der Waals surface area contributed by atoms with Crippen LogP contribution in [-0.4, -0.2) is 66.4 Å². The van der Waals surface area contributed by atoms with Crippen LogP contribution in [0.5, 0.6) is 5.75 Å². The Hall–Kier alpha value is -3.83. The van der Waals surface area contributed by atoms with E-state index in [0.29, 0.717) is 42.1 Å². The summed E-state index contributed by atoms with van der Waals surface area (Å²) in [4.78, 5) is 50.4. The van der Waals surface area contributed by atoms with E-state index in [2.05, 4.69) is 21.3 Å². The van der Waals surface area contributed by atoms with E-state index in [0.717, 1.165) is 5.56 Å². The molecule has 0 aliphatic heterocycles. The van der Waals surface area contributed by atoms with Gasteiger partial charge in [0.1, 0.15) is 23.4 Å². The summed E-state index contributed by atoms with van der Waals surface area (Å²) in [7, 11) is 0. The minimum Gasteiger partial charge on any atom is -0.483 e. The normalized spacial score (nSPS) is 12.4. The summed E-state index contributed by atoms with van der Waals surface area (Å²) in [6, 6.07) is 12.5. The SMILES string of the molecule is C[C@H](NC(=O)[C@@H](CCc1ccccc1)NC(=O)OC(C)(C)C)C(=O)NCc1cc(Cl)ccc1OCC(=O)NCCCO. The molecule has 0 unspecified atom stereocenters. The number of hydrogen-bond acceptors (Lipinski definition) is 7. The van der Waals surface area contributed by atoms with Crippen molar-refractivity contribution in [3.8, 4) is 5.75 Å². The average Bonchev–Trinajstić information content (AvgIpc) is 2.93. The second kappa shape index (κ2) is 17.2. The van der Waals surface area contributed by atoms with Crippen LogP contribution in [0.4, 0.5) is 4.79 Å². The first-order valence-electron chi connectivity index (χ1n) is 13.8. The molecule has 0 radical (unpaired) electrons. The molecule has 2 atom stereocenters. The van der Waals surface area contributed by atoms with E-state index >= 15 is 0 Å². The summed E-state index contributed by atoms with van der Waals surface area (Å²) in [5, 5.41) is 19.9. The molecule has 230 valence electrons. The summed E-state index contributed by atoms with van der Waals surface area (Å²) in [5.41, 5.74) is 0.781. The third-order valence-electron chi connectivity index (χ3n) is 5.82. The van der Waals surface area contributed by atoms with Crippen molar-refractivity contribution in [3.63, 3.8) is 0 Å². The number of halogens is 1. The molecule has 0 aromatic heterocycles. The van der Waals surface area contributed by atoms with E-state index in [1.807, 2.05) is 30.3 Å².